The molecule has 0 aliphatic rings. The van der Waals surface area contributed by atoms with Gasteiger partial charge in [0.1, 0.15) is 11.4 Å². The first-order chi connectivity index (χ1) is 12.1. The lowest BCUT2D eigenvalue weighted by Gasteiger charge is -2.06. The van der Waals surface area contributed by atoms with Crippen molar-refractivity contribution in [1.29, 1.82) is 0 Å². The molecule has 0 N–H and O–H groups in total. The van der Waals surface area contributed by atoms with Crippen molar-refractivity contribution in [1.82, 2.24) is 24.7 Å². The quantitative estimate of drug-likeness (QED) is 0.520. The molecule has 0 fully saturated rings. The second-order valence-corrected chi connectivity index (χ2v) is 6.99. The fourth-order valence-corrected chi connectivity index (χ4v) is 3.52. The summed E-state index contributed by atoms with van der Waals surface area (Å²) in [5.41, 5.74) is 4.39. The fourth-order valence-electron chi connectivity index (χ4n) is 2.67. The van der Waals surface area contributed by atoms with E-state index in [1.165, 1.54) is 22.9 Å². The molecule has 25 heavy (non-hydrogen) atoms. The van der Waals surface area contributed by atoms with Gasteiger partial charge in [-0.25, -0.2) is 9.97 Å². The van der Waals surface area contributed by atoms with Crippen molar-refractivity contribution < 1.29 is 0 Å². The van der Waals surface area contributed by atoms with Gasteiger partial charge in [0, 0.05) is 18.0 Å². The lowest BCUT2D eigenvalue weighted by atomic mass is 10.1. The largest absolute Gasteiger partial charge is 0.305 e. The van der Waals surface area contributed by atoms with Crippen molar-refractivity contribution in [3.8, 4) is 11.4 Å². The van der Waals surface area contributed by atoms with E-state index in [0.717, 1.165) is 32.5 Å². The Kier molecular flexibility index (Phi) is 3.97. The van der Waals surface area contributed by atoms with Crippen LogP contribution in [-0.2, 0) is 7.05 Å². The topological polar surface area (TPSA) is 56.5 Å². The van der Waals surface area contributed by atoms with E-state index < -0.39 is 0 Å². The van der Waals surface area contributed by atoms with Crippen molar-refractivity contribution in [3.05, 3.63) is 59.9 Å². The van der Waals surface area contributed by atoms with Gasteiger partial charge in [0.25, 0.3) is 0 Å². The molecule has 0 amide bonds. The van der Waals surface area contributed by atoms with Gasteiger partial charge in [-0.05, 0) is 37.7 Å². The van der Waals surface area contributed by atoms with Gasteiger partial charge in [0.15, 0.2) is 11.0 Å². The zero-order valence-electron chi connectivity index (χ0n) is 14.3. The highest BCUT2D eigenvalue weighted by Gasteiger charge is 2.14. The molecule has 2 aromatic heterocycles. The number of benzene rings is 2. The predicted octanol–water partition coefficient (Wildman–Crippen LogP) is 4.19. The van der Waals surface area contributed by atoms with Gasteiger partial charge in [-0.15, -0.1) is 10.2 Å². The monoisotopic (exact) mass is 347 g/mol. The van der Waals surface area contributed by atoms with Crippen LogP contribution in [0.4, 0.5) is 0 Å². The van der Waals surface area contributed by atoms with Crippen LogP contribution in [0.5, 0.6) is 0 Å². The number of rotatable bonds is 3. The number of fused-ring (bicyclic) bond motifs is 1. The Morgan fingerprint density at radius 1 is 0.880 bits per heavy atom. The molecular weight excluding hydrogens is 330 g/mol. The van der Waals surface area contributed by atoms with Crippen LogP contribution < -0.4 is 0 Å². The molecule has 0 saturated carbocycles. The summed E-state index contributed by atoms with van der Waals surface area (Å²) in [6.45, 7) is 4.14. The zero-order valence-corrected chi connectivity index (χ0v) is 15.1. The van der Waals surface area contributed by atoms with E-state index in [2.05, 4.69) is 70.4 Å². The first-order valence-corrected chi connectivity index (χ1v) is 8.79. The highest BCUT2D eigenvalue weighted by Crippen LogP contribution is 2.31. The van der Waals surface area contributed by atoms with E-state index in [4.69, 9.17) is 0 Å². The normalized spacial score (nSPS) is 11.2. The van der Waals surface area contributed by atoms with E-state index in [1.807, 2.05) is 17.7 Å². The smallest absolute Gasteiger partial charge is 0.197 e. The number of aryl methyl sites for hydroxylation is 2. The van der Waals surface area contributed by atoms with Crippen molar-refractivity contribution >= 4 is 22.7 Å². The maximum atomic E-state index is 4.45. The maximum Gasteiger partial charge on any atom is 0.197 e. The van der Waals surface area contributed by atoms with Crippen molar-refractivity contribution in [2.24, 2.45) is 7.05 Å². The van der Waals surface area contributed by atoms with Crippen LogP contribution in [-0.4, -0.2) is 24.7 Å². The highest BCUT2D eigenvalue weighted by molar-refractivity contribution is 7.99. The molecular formula is C19H17N5S. The summed E-state index contributed by atoms with van der Waals surface area (Å²) in [5.74, 6) is 0.844. The van der Waals surface area contributed by atoms with Gasteiger partial charge in [0.05, 0.1) is 5.52 Å². The van der Waals surface area contributed by atoms with E-state index in [1.54, 1.807) is 6.33 Å². The summed E-state index contributed by atoms with van der Waals surface area (Å²) in [7, 11) is 1.98. The Labute approximate surface area is 150 Å². The Balaban J connectivity index is 1.73. The standard InChI is InChI=1S/C19H17N5S/c1-12-4-7-14(8-5-12)17-22-23-19(24(17)3)25-18-15-10-13(2)6-9-16(15)20-11-21-18/h4-11H,1-3H3. The number of aromatic nitrogens is 5. The van der Waals surface area contributed by atoms with Crippen molar-refractivity contribution in [2.75, 3.05) is 0 Å². The van der Waals surface area contributed by atoms with Gasteiger partial charge < -0.3 is 4.57 Å². The molecule has 0 bridgehead atoms. The summed E-state index contributed by atoms with van der Waals surface area (Å²) in [6, 6.07) is 14.5. The van der Waals surface area contributed by atoms with Crippen molar-refractivity contribution in [3.63, 3.8) is 0 Å². The van der Waals surface area contributed by atoms with Gasteiger partial charge in [-0.2, -0.15) is 0 Å². The first-order valence-electron chi connectivity index (χ1n) is 7.97. The average Bonchev–Trinajstić information content (AvgIpc) is 2.97. The van der Waals surface area contributed by atoms with Crippen molar-refractivity contribution in [2.45, 2.75) is 24.0 Å². The summed E-state index contributed by atoms with van der Waals surface area (Å²) in [5, 5.41) is 11.4. The summed E-state index contributed by atoms with van der Waals surface area (Å²) < 4.78 is 2.00. The van der Waals surface area contributed by atoms with Crippen LogP contribution in [0.1, 0.15) is 11.1 Å². The SMILES string of the molecule is Cc1ccc(-c2nnc(Sc3ncnc4ccc(C)cc34)n2C)cc1. The Hall–Kier alpha value is -2.73. The molecule has 0 radical (unpaired) electrons. The lowest BCUT2D eigenvalue weighted by molar-refractivity contribution is 0.792. The Morgan fingerprint density at radius 2 is 1.64 bits per heavy atom. The number of nitrogens with zero attached hydrogens (tertiary/aromatic N) is 5. The zero-order chi connectivity index (χ0) is 17.4. The van der Waals surface area contributed by atoms with Crippen LogP contribution >= 0.6 is 11.8 Å². The van der Waals surface area contributed by atoms with E-state index in [0.29, 0.717) is 0 Å². The molecule has 4 aromatic rings. The Morgan fingerprint density at radius 3 is 2.44 bits per heavy atom. The van der Waals surface area contributed by atoms with E-state index >= 15 is 0 Å². The third kappa shape index (κ3) is 3.00. The second-order valence-electron chi connectivity index (χ2n) is 6.03. The third-order valence-electron chi connectivity index (χ3n) is 4.09. The molecule has 0 aliphatic carbocycles. The maximum absolute atomic E-state index is 4.45. The van der Waals surface area contributed by atoms with Crippen LogP contribution in [0.25, 0.3) is 22.3 Å². The molecule has 0 aliphatic heterocycles. The van der Waals surface area contributed by atoms with Gasteiger partial charge in [-0.1, -0.05) is 41.5 Å². The molecule has 2 aromatic carbocycles. The van der Waals surface area contributed by atoms with E-state index in [9.17, 15) is 0 Å². The predicted molar refractivity (Wildman–Crippen MR) is 99.6 cm³/mol. The van der Waals surface area contributed by atoms with Gasteiger partial charge in [-0.3, -0.25) is 0 Å². The second kappa shape index (κ2) is 6.29. The molecule has 124 valence electrons. The molecule has 0 atom stereocenters. The number of hydrogen-bond donors (Lipinski definition) is 0. The minimum absolute atomic E-state index is 0.803. The average molecular weight is 347 g/mol. The first kappa shape index (κ1) is 15.8. The molecule has 4 rings (SSSR count). The fraction of sp³-hybridized carbons (Fsp3) is 0.158. The minimum Gasteiger partial charge on any atom is -0.305 e. The van der Waals surface area contributed by atoms with Crippen LogP contribution in [0, 0.1) is 13.8 Å². The van der Waals surface area contributed by atoms with Crippen LogP contribution in [0.3, 0.4) is 0 Å². The molecule has 2 heterocycles. The molecule has 0 saturated heterocycles. The summed E-state index contributed by atoms with van der Waals surface area (Å²) in [6.07, 6.45) is 1.59. The minimum atomic E-state index is 0.803. The molecule has 0 spiro atoms. The summed E-state index contributed by atoms with van der Waals surface area (Å²) in [4.78, 5) is 8.79. The number of hydrogen-bond acceptors (Lipinski definition) is 5. The molecule has 6 heteroatoms. The van der Waals surface area contributed by atoms with Gasteiger partial charge >= 0.3 is 0 Å². The van der Waals surface area contributed by atoms with E-state index in [-0.39, 0.29) is 0 Å². The Bertz CT molecular complexity index is 1050. The van der Waals surface area contributed by atoms with Crippen LogP contribution in [0.2, 0.25) is 0 Å². The van der Waals surface area contributed by atoms with Crippen LogP contribution in [0.15, 0.2) is 59.0 Å². The van der Waals surface area contributed by atoms with Gasteiger partial charge in [0.2, 0.25) is 0 Å². The molecule has 0 unspecified atom stereocenters. The summed E-state index contributed by atoms with van der Waals surface area (Å²) >= 11 is 1.51. The third-order valence-corrected chi connectivity index (χ3v) is 5.14. The highest BCUT2D eigenvalue weighted by atomic mass is 32.2. The lowest BCUT2D eigenvalue weighted by Crippen LogP contribution is -1.96. The molecule has 5 nitrogen and oxygen atoms in total.